The van der Waals surface area contributed by atoms with Crippen LogP contribution in [0.15, 0.2) is 53.7 Å². The Hall–Kier alpha value is -2.70. The first kappa shape index (κ1) is 22.0. The molecule has 6 nitrogen and oxygen atoms in total. The van der Waals surface area contributed by atoms with Crippen molar-refractivity contribution in [1.82, 2.24) is 5.48 Å². The number of carbonyl (C=O) groups is 1. The first-order valence-electron chi connectivity index (χ1n) is 10.4. The number of hydroxylamine groups is 1. The van der Waals surface area contributed by atoms with Crippen molar-refractivity contribution in [2.75, 3.05) is 0 Å². The molecule has 0 bridgehead atoms. The second kappa shape index (κ2) is 9.41. The molecular weight excluding hydrogens is 380 g/mol. The summed E-state index contributed by atoms with van der Waals surface area (Å²) in [5.41, 5.74) is 6.26. The van der Waals surface area contributed by atoms with Crippen molar-refractivity contribution in [2.45, 2.75) is 58.7 Å². The van der Waals surface area contributed by atoms with E-state index in [1.807, 2.05) is 38.1 Å². The van der Waals surface area contributed by atoms with Gasteiger partial charge in [-0.05, 0) is 42.0 Å². The lowest BCUT2D eigenvalue weighted by Gasteiger charge is -2.27. The Kier molecular flexibility index (Phi) is 6.90. The van der Waals surface area contributed by atoms with Crippen LogP contribution in [0, 0.1) is 5.41 Å². The molecule has 0 aliphatic carbocycles. The van der Waals surface area contributed by atoms with E-state index >= 15 is 0 Å². The van der Waals surface area contributed by atoms with Crippen LogP contribution in [0.4, 0.5) is 0 Å². The number of rotatable bonds is 8. The fraction of sp³-hybridized carbons (Fsp3) is 0.417. The molecule has 160 valence electrons. The molecule has 0 unspecified atom stereocenters. The SMILES string of the molecule is CC[C@](C)(C[C@H]1CC(c2ccc(-c3ccc(C[C@@H](C)O)cc3)cc2)=NO1)C(=O)NO. The van der Waals surface area contributed by atoms with Crippen LogP contribution < -0.4 is 5.48 Å². The Morgan fingerprint density at radius 2 is 1.73 bits per heavy atom. The quantitative estimate of drug-likeness (QED) is 0.452. The summed E-state index contributed by atoms with van der Waals surface area (Å²) < 4.78 is 0. The van der Waals surface area contributed by atoms with Crippen molar-refractivity contribution >= 4 is 11.6 Å². The number of hydrogen-bond acceptors (Lipinski definition) is 5. The molecule has 2 aromatic rings. The molecule has 2 aromatic carbocycles. The molecule has 3 rings (SSSR count). The molecule has 0 saturated heterocycles. The number of hydrogen-bond donors (Lipinski definition) is 3. The average Bonchev–Trinajstić information content (AvgIpc) is 3.21. The second-order valence-electron chi connectivity index (χ2n) is 8.36. The van der Waals surface area contributed by atoms with Crippen LogP contribution in [-0.2, 0) is 16.1 Å². The van der Waals surface area contributed by atoms with Crippen LogP contribution in [0.2, 0.25) is 0 Å². The minimum atomic E-state index is -0.700. The number of nitrogens with zero attached hydrogens (tertiary/aromatic N) is 1. The van der Waals surface area contributed by atoms with Crippen molar-refractivity contribution < 1.29 is 19.9 Å². The molecule has 0 radical (unpaired) electrons. The normalized spacial score (nSPS) is 18.8. The Labute approximate surface area is 177 Å². The third-order valence-corrected chi connectivity index (χ3v) is 5.88. The highest BCUT2D eigenvalue weighted by molar-refractivity contribution is 6.01. The van der Waals surface area contributed by atoms with Crippen LogP contribution in [0.25, 0.3) is 11.1 Å². The standard InChI is InChI=1S/C24H30N2O4/c1-4-24(3,23(28)25-29)15-21-14-22(26-30-21)20-11-9-19(10-12-20)18-7-5-17(6-8-18)13-16(2)27/h5-12,16,21,27,29H,4,13-15H2,1-3H3,(H,25,28)/t16-,21-,24-/m1/s1. The second-order valence-corrected chi connectivity index (χ2v) is 8.36. The topological polar surface area (TPSA) is 91.2 Å². The van der Waals surface area contributed by atoms with Crippen molar-refractivity contribution in [3.63, 3.8) is 0 Å². The van der Waals surface area contributed by atoms with E-state index in [4.69, 9.17) is 10.0 Å². The van der Waals surface area contributed by atoms with E-state index in [0.29, 0.717) is 25.7 Å². The summed E-state index contributed by atoms with van der Waals surface area (Å²) in [6.45, 7) is 5.53. The maximum Gasteiger partial charge on any atom is 0.249 e. The molecule has 0 fully saturated rings. The third kappa shape index (κ3) is 5.07. The summed E-state index contributed by atoms with van der Waals surface area (Å²) in [5, 5.41) is 22.7. The molecule has 1 heterocycles. The maximum atomic E-state index is 12.0. The number of nitrogens with one attached hydrogen (secondary N) is 1. The lowest BCUT2D eigenvalue weighted by atomic mass is 9.80. The van der Waals surface area contributed by atoms with Crippen LogP contribution >= 0.6 is 0 Å². The van der Waals surface area contributed by atoms with Crippen LogP contribution in [-0.4, -0.2) is 34.1 Å². The van der Waals surface area contributed by atoms with Gasteiger partial charge in [-0.3, -0.25) is 10.0 Å². The fourth-order valence-electron chi connectivity index (χ4n) is 3.77. The van der Waals surface area contributed by atoms with E-state index < -0.39 is 11.3 Å². The maximum absolute atomic E-state index is 12.0. The van der Waals surface area contributed by atoms with E-state index in [1.165, 1.54) is 0 Å². The highest BCUT2D eigenvalue weighted by Gasteiger charge is 2.37. The molecule has 0 spiro atoms. The molecule has 30 heavy (non-hydrogen) atoms. The molecule has 3 atom stereocenters. The number of aliphatic hydroxyl groups is 1. The Bertz CT molecular complexity index is 890. The van der Waals surface area contributed by atoms with Gasteiger partial charge in [-0.15, -0.1) is 0 Å². The first-order valence-corrected chi connectivity index (χ1v) is 10.4. The zero-order valence-electron chi connectivity index (χ0n) is 17.8. The van der Waals surface area contributed by atoms with Gasteiger partial charge in [0.05, 0.1) is 17.2 Å². The van der Waals surface area contributed by atoms with E-state index in [-0.39, 0.29) is 12.2 Å². The fourth-order valence-corrected chi connectivity index (χ4v) is 3.77. The van der Waals surface area contributed by atoms with Gasteiger partial charge in [-0.2, -0.15) is 0 Å². The monoisotopic (exact) mass is 410 g/mol. The van der Waals surface area contributed by atoms with E-state index in [0.717, 1.165) is 28.0 Å². The van der Waals surface area contributed by atoms with Crippen molar-refractivity contribution in [2.24, 2.45) is 10.6 Å². The van der Waals surface area contributed by atoms with Gasteiger partial charge >= 0.3 is 0 Å². The predicted octanol–water partition coefficient (Wildman–Crippen LogP) is 4.08. The number of amides is 1. The summed E-state index contributed by atoms with van der Waals surface area (Å²) >= 11 is 0. The largest absolute Gasteiger partial charge is 0.393 e. The van der Waals surface area contributed by atoms with Crippen LogP contribution in [0.5, 0.6) is 0 Å². The van der Waals surface area contributed by atoms with Crippen molar-refractivity contribution in [1.29, 1.82) is 0 Å². The molecule has 0 saturated carbocycles. The smallest absolute Gasteiger partial charge is 0.249 e. The number of oxime groups is 1. The molecule has 1 aliphatic heterocycles. The Balaban J connectivity index is 1.64. The zero-order valence-corrected chi connectivity index (χ0v) is 17.8. The Morgan fingerprint density at radius 1 is 1.17 bits per heavy atom. The van der Waals surface area contributed by atoms with E-state index in [9.17, 15) is 9.90 Å². The predicted molar refractivity (Wildman–Crippen MR) is 116 cm³/mol. The zero-order chi connectivity index (χ0) is 21.7. The van der Waals surface area contributed by atoms with Crippen LogP contribution in [0.3, 0.4) is 0 Å². The van der Waals surface area contributed by atoms with Gasteiger partial charge < -0.3 is 9.94 Å². The average molecular weight is 411 g/mol. The van der Waals surface area contributed by atoms with E-state index in [1.54, 1.807) is 12.4 Å². The van der Waals surface area contributed by atoms with Crippen molar-refractivity contribution in [3.8, 4) is 11.1 Å². The highest BCUT2D eigenvalue weighted by atomic mass is 16.6. The van der Waals surface area contributed by atoms with Gasteiger partial charge in [0.25, 0.3) is 0 Å². The summed E-state index contributed by atoms with van der Waals surface area (Å²) in [4.78, 5) is 17.6. The molecule has 1 aliphatic rings. The lowest BCUT2D eigenvalue weighted by molar-refractivity contribution is -0.141. The summed E-state index contributed by atoms with van der Waals surface area (Å²) in [6.07, 6.45) is 1.82. The number of benzene rings is 2. The summed E-state index contributed by atoms with van der Waals surface area (Å²) in [6, 6.07) is 16.4. The summed E-state index contributed by atoms with van der Waals surface area (Å²) in [5.74, 6) is -0.397. The van der Waals surface area contributed by atoms with Gasteiger partial charge in [0.2, 0.25) is 5.91 Å². The minimum Gasteiger partial charge on any atom is -0.393 e. The van der Waals surface area contributed by atoms with Gasteiger partial charge in [0, 0.05) is 12.8 Å². The number of aliphatic hydroxyl groups excluding tert-OH is 1. The molecule has 6 heteroatoms. The molecule has 0 aromatic heterocycles. The minimum absolute atomic E-state index is 0.191. The van der Waals surface area contributed by atoms with Crippen LogP contribution in [0.1, 0.15) is 51.2 Å². The number of carbonyl (C=O) groups excluding carboxylic acids is 1. The Morgan fingerprint density at radius 3 is 2.27 bits per heavy atom. The van der Waals surface area contributed by atoms with Gasteiger partial charge in [-0.25, -0.2) is 5.48 Å². The van der Waals surface area contributed by atoms with Gasteiger partial charge in [0.15, 0.2) is 0 Å². The first-order chi connectivity index (χ1) is 14.3. The van der Waals surface area contributed by atoms with Crippen molar-refractivity contribution in [3.05, 3.63) is 59.7 Å². The molecular formula is C24H30N2O4. The lowest BCUT2D eigenvalue weighted by Crippen LogP contribution is -2.39. The van der Waals surface area contributed by atoms with Gasteiger partial charge in [0.1, 0.15) is 6.10 Å². The third-order valence-electron chi connectivity index (χ3n) is 5.88. The highest BCUT2D eigenvalue weighted by Crippen LogP contribution is 2.33. The summed E-state index contributed by atoms with van der Waals surface area (Å²) in [7, 11) is 0. The van der Waals surface area contributed by atoms with Gasteiger partial charge in [-0.1, -0.05) is 67.5 Å². The van der Waals surface area contributed by atoms with E-state index in [2.05, 4.69) is 29.4 Å². The molecule has 1 amide bonds. The molecule has 3 N–H and O–H groups in total.